The second-order valence-corrected chi connectivity index (χ2v) is 6.25. The van der Waals surface area contributed by atoms with Crippen molar-refractivity contribution in [3.63, 3.8) is 0 Å². The molecule has 114 valence electrons. The molecule has 0 bridgehead atoms. The van der Waals surface area contributed by atoms with Gasteiger partial charge in [0.1, 0.15) is 11.6 Å². The first kappa shape index (κ1) is 16.1. The minimum absolute atomic E-state index is 0.721. The number of halogens is 6. The summed E-state index contributed by atoms with van der Waals surface area (Å²) in [5.74, 6) is -9.90. The molecular formula is C14H11F6P. The van der Waals surface area contributed by atoms with E-state index in [1.807, 2.05) is 0 Å². The molecule has 0 aliphatic carbocycles. The highest BCUT2D eigenvalue weighted by atomic mass is 31.0. The Morgan fingerprint density at radius 3 is 1.52 bits per heavy atom. The molecule has 21 heavy (non-hydrogen) atoms. The highest BCUT2D eigenvalue weighted by Crippen LogP contribution is 2.37. The summed E-state index contributed by atoms with van der Waals surface area (Å²) in [6.07, 6.45) is 0. The van der Waals surface area contributed by atoms with Gasteiger partial charge < -0.3 is 0 Å². The molecule has 7 heteroatoms. The van der Waals surface area contributed by atoms with E-state index >= 15 is 0 Å². The van der Waals surface area contributed by atoms with Gasteiger partial charge in [-0.1, -0.05) is 30.0 Å². The highest BCUT2D eigenvalue weighted by molar-refractivity contribution is 7.27. The second kappa shape index (κ2) is 4.87. The Bertz CT molecular complexity index is 761. The Morgan fingerprint density at radius 2 is 1.05 bits per heavy atom. The van der Waals surface area contributed by atoms with Crippen LogP contribution in [0.2, 0.25) is 0 Å². The summed E-state index contributed by atoms with van der Waals surface area (Å²) in [6.45, 7) is 4.16. The van der Waals surface area contributed by atoms with Crippen LogP contribution in [0.25, 0.3) is 10.8 Å². The maximum absolute atomic E-state index is 14.4. The fraction of sp³-hybridized carbons (Fsp3) is 0.286. The zero-order valence-corrected chi connectivity index (χ0v) is 12.5. The molecule has 0 radical (unpaired) electrons. The monoisotopic (exact) mass is 324 g/mol. The van der Waals surface area contributed by atoms with Gasteiger partial charge in [0.2, 0.25) is 0 Å². The summed E-state index contributed by atoms with van der Waals surface area (Å²) < 4.78 is 83.6. The lowest BCUT2D eigenvalue weighted by molar-refractivity contribution is 0.437. The van der Waals surface area contributed by atoms with Gasteiger partial charge >= 0.3 is 0 Å². The SMILES string of the molecule is CC(C)(C)c1c(F)c(F)c2c(F)c(F)c(P)c(F)c2c1F. The Labute approximate surface area is 119 Å². The van der Waals surface area contributed by atoms with Crippen molar-refractivity contribution in [2.75, 3.05) is 0 Å². The molecule has 0 aliphatic rings. The predicted molar refractivity (Wildman–Crippen MR) is 71.7 cm³/mol. The first-order chi connectivity index (χ1) is 9.50. The van der Waals surface area contributed by atoms with Gasteiger partial charge in [-0.25, -0.2) is 26.3 Å². The average molecular weight is 324 g/mol. The van der Waals surface area contributed by atoms with E-state index in [9.17, 15) is 26.3 Å². The van der Waals surface area contributed by atoms with Gasteiger partial charge in [0.25, 0.3) is 0 Å². The van der Waals surface area contributed by atoms with Crippen molar-refractivity contribution in [3.05, 3.63) is 40.5 Å². The second-order valence-electron chi connectivity index (χ2n) is 5.67. The van der Waals surface area contributed by atoms with Crippen LogP contribution in [0.4, 0.5) is 26.3 Å². The zero-order chi connectivity index (χ0) is 16.3. The lowest BCUT2D eigenvalue weighted by Gasteiger charge is -2.22. The number of hydrogen-bond donors (Lipinski definition) is 0. The van der Waals surface area contributed by atoms with Crippen LogP contribution in [0, 0.1) is 34.9 Å². The lowest BCUT2D eigenvalue weighted by Crippen LogP contribution is -2.20. The van der Waals surface area contributed by atoms with Crippen LogP contribution < -0.4 is 5.30 Å². The Hall–Kier alpha value is -1.29. The number of fused-ring (bicyclic) bond motifs is 1. The minimum Gasteiger partial charge on any atom is -0.206 e. The summed E-state index contributed by atoms with van der Waals surface area (Å²) in [5.41, 5.74) is -1.91. The van der Waals surface area contributed by atoms with Crippen molar-refractivity contribution in [2.45, 2.75) is 26.2 Å². The molecule has 1 atom stereocenters. The van der Waals surface area contributed by atoms with Gasteiger partial charge in [-0.15, -0.1) is 0 Å². The van der Waals surface area contributed by atoms with E-state index in [1.165, 1.54) is 20.8 Å². The fourth-order valence-electron chi connectivity index (χ4n) is 2.19. The Kier molecular flexibility index (Phi) is 3.73. The molecule has 2 rings (SSSR count). The molecule has 0 spiro atoms. The first-order valence-corrected chi connectivity index (χ1v) is 6.50. The van der Waals surface area contributed by atoms with Gasteiger partial charge in [0.15, 0.2) is 23.3 Å². The Morgan fingerprint density at radius 1 is 0.619 bits per heavy atom. The normalized spacial score (nSPS) is 12.3. The maximum Gasteiger partial charge on any atom is 0.170 e. The average Bonchev–Trinajstić information content (AvgIpc) is 2.36. The van der Waals surface area contributed by atoms with Crippen molar-refractivity contribution in [1.29, 1.82) is 0 Å². The molecule has 2 aromatic rings. The van der Waals surface area contributed by atoms with Crippen LogP contribution in [0.3, 0.4) is 0 Å². The van der Waals surface area contributed by atoms with Crippen LogP contribution in [-0.2, 0) is 5.41 Å². The molecule has 2 aromatic carbocycles. The van der Waals surface area contributed by atoms with Crippen LogP contribution in [0.5, 0.6) is 0 Å². The van der Waals surface area contributed by atoms with Crippen LogP contribution in [-0.4, -0.2) is 0 Å². The summed E-state index contributed by atoms with van der Waals surface area (Å²) >= 11 is 0. The minimum atomic E-state index is -1.83. The molecule has 0 heterocycles. The molecule has 0 saturated heterocycles. The third-order valence-corrected chi connectivity index (χ3v) is 3.68. The van der Waals surface area contributed by atoms with Crippen molar-refractivity contribution >= 4 is 25.3 Å². The van der Waals surface area contributed by atoms with Gasteiger partial charge in [-0.3, -0.25) is 0 Å². The number of rotatable bonds is 0. The van der Waals surface area contributed by atoms with Crippen molar-refractivity contribution in [3.8, 4) is 0 Å². The molecule has 0 fully saturated rings. The van der Waals surface area contributed by atoms with E-state index in [0.29, 0.717) is 0 Å². The third kappa shape index (κ3) is 2.20. The van der Waals surface area contributed by atoms with Crippen molar-refractivity contribution in [2.24, 2.45) is 0 Å². The summed E-state index contributed by atoms with van der Waals surface area (Å²) in [4.78, 5) is 0. The van der Waals surface area contributed by atoms with Gasteiger partial charge in [-0.05, 0) is 5.41 Å². The standard InChI is InChI=1S/C14H11F6P/c1-14(2,3)6-7(15)4-5(8(16)11(6)19)9(17)12(20)13(21)10(4)18/h21H2,1-3H3. The summed E-state index contributed by atoms with van der Waals surface area (Å²) in [5, 5.41) is -3.33. The largest absolute Gasteiger partial charge is 0.206 e. The molecule has 1 unspecified atom stereocenters. The molecule has 0 nitrogen and oxygen atoms in total. The third-order valence-electron chi connectivity index (χ3n) is 3.18. The maximum atomic E-state index is 14.4. The van der Waals surface area contributed by atoms with E-state index in [0.717, 1.165) is 0 Å². The highest BCUT2D eigenvalue weighted by Gasteiger charge is 2.33. The molecule has 0 N–H and O–H groups in total. The topological polar surface area (TPSA) is 0 Å². The van der Waals surface area contributed by atoms with Crippen molar-refractivity contribution < 1.29 is 26.3 Å². The van der Waals surface area contributed by atoms with Gasteiger partial charge in [-0.2, -0.15) is 0 Å². The van der Waals surface area contributed by atoms with Crippen molar-refractivity contribution in [1.82, 2.24) is 0 Å². The molecule has 0 amide bonds. The quantitative estimate of drug-likeness (QED) is 0.381. The Balaban J connectivity index is 3.19. The first-order valence-electron chi connectivity index (χ1n) is 5.92. The lowest BCUT2D eigenvalue weighted by atomic mass is 9.84. The van der Waals surface area contributed by atoms with E-state index in [4.69, 9.17) is 0 Å². The smallest absolute Gasteiger partial charge is 0.170 e. The number of benzene rings is 2. The predicted octanol–water partition coefficient (Wildman–Crippen LogP) is 4.47. The van der Waals surface area contributed by atoms with E-state index in [1.54, 1.807) is 9.24 Å². The summed E-state index contributed by atoms with van der Waals surface area (Å²) in [7, 11) is 1.58. The van der Waals surface area contributed by atoms with E-state index < -0.39 is 62.0 Å². The van der Waals surface area contributed by atoms with Crippen LogP contribution in [0.1, 0.15) is 26.3 Å². The molecular weight excluding hydrogens is 313 g/mol. The summed E-state index contributed by atoms with van der Waals surface area (Å²) in [6, 6.07) is 0. The van der Waals surface area contributed by atoms with Crippen LogP contribution >= 0.6 is 9.24 Å². The fourth-order valence-corrected chi connectivity index (χ4v) is 2.46. The molecule has 0 aromatic heterocycles. The van der Waals surface area contributed by atoms with Crippen LogP contribution in [0.15, 0.2) is 0 Å². The van der Waals surface area contributed by atoms with Gasteiger partial charge in [0.05, 0.1) is 10.8 Å². The van der Waals surface area contributed by atoms with E-state index in [2.05, 4.69) is 0 Å². The molecule has 0 saturated carbocycles. The number of hydrogen-bond acceptors (Lipinski definition) is 0. The zero-order valence-electron chi connectivity index (χ0n) is 11.3. The van der Waals surface area contributed by atoms with Gasteiger partial charge in [0, 0.05) is 10.9 Å². The van der Waals surface area contributed by atoms with E-state index in [-0.39, 0.29) is 0 Å². The molecule has 0 aliphatic heterocycles.